The van der Waals surface area contributed by atoms with Crippen molar-refractivity contribution in [2.75, 3.05) is 0 Å². The lowest BCUT2D eigenvalue weighted by molar-refractivity contribution is -0.389. The first-order valence-corrected chi connectivity index (χ1v) is 6.25. The predicted octanol–water partition coefficient (Wildman–Crippen LogP) is 2.56. The molecule has 19 heavy (non-hydrogen) atoms. The highest BCUT2D eigenvalue weighted by Crippen LogP contribution is 2.23. The van der Waals surface area contributed by atoms with E-state index in [4.69, 9.17) is 4.42 Å². The van der Waals surface area contributed by atoms with Gasteiger partial charge in [-0.2, -0.15) is 0 Å². The minimum atomic E-state index is -0.531. The van der Waals surface area contributed by atoms with Gasteiger partial charge in [-0.1, -0.05) is 6.07 Å². The van der Waals surface area contributed by atoms with Gasteiger partial charge in [-0.15, -0.1) is 11.3 Å². The molecule has 3 heterocycles. The monoisotopic (exact) mass is 276 g/mol. The summed E-state index contributed by atoms with van der Waals surface area (Å²) in [5, 5.41) is 12.5. The zero-order chi connectivity index (χ0) is 13.2. The molecule has 0 aliphatic heterocycles. The Morgan fingerprint density at radius 2 is 2.42 bits per heavy atom. The van der Waals surface area contributed by atoms with Gasteiger partial charge in [0.25, 0.3) is 0 Å². The lowest BCUT2D eigenvalue weighted by Crippen LogP contribution is -1.96. The van der Waals surface area contributed by atoms with E-state index in [2.05, 4.69) is 9.97 Å². The maximum atomic E-state index is 10.5. The van der Waals surface area contributed by atoms with Crippen LogP contribution in [0.3, 0.4) is 0 Å². The average molecular weight is 276 g/mol. The van der Waals surface area contributed by atoms with Crippen LogP contribution >= 0.6 is 11.3 Å². The number of hydrogen-bond acceptors (Lipinski definition) is 6. The molecular weight excluding hydrogens is 268 g/mol. The number of nitrogens with zero attached hydrogens (tertiary/aromatic N) is 4. The molecule has 0 aromatic carbocycles. The first kappa shape index (κ1) is 11.6. The molecule has 0 amide bonds. The summed E-state index contributed by atoms with van der Waals surface area (Å²) < 4.78 is 6.96. The van der Waals surface area contributed by atoms with E-state index in [0.29, 0.717) is 18.1 Å². The second kappa shape index (κ2) is 4.65. The van der Waals surface area contributed by atoms with Crippen LogP contribution in [0.4, 0.5) is 5.82 Å². The van der Waals surface area contributed by atoms with E-state index in [1.165, 1.54) is 23.9 Å². The Morgan fingerprint density at radius 3 is 3.11 bits per heavy atom. The van der Waals surface area contributed by atoms with Gasteiger partial charge >= 0.3 is 5.82 Å². The standard InChI is InChI=1S/C11H8N4O3S/c16-15(17)10-5-14(7-12-10)4-8-6-18-11(13-8)9-2-1-3-19-9/h1-3,5-7H,4H2. The van der Waals surface area contributed by atoms with Crippen LogP contribution in [0, 0.1) is 10.1 Å². The van der Waals surface area contributed by atoms with Crippen molar-refractivity contribution in [2.45, 2.75) is 6.54 Å². The second-order valence-corrected chi connectivity index (χ2v) is 4.73. The van der Waals surface area contributed by atoms with Crippen LogP contribution in [0.15, 0.2) is 40.7 Å². The van der Waals surface area contributed by atoms with Gasteiger partial charge in [0.05, 0.1) is 17.1 Å². The molecule has 0 fully saturated rings. The fourth-order valence-corrected chi connectivity index (χ4v) is 2.26. The van der Waals surface area contributed by atoms with Gasteiger partial charge < -0.3 is 19.1 Å². The molecule has 0 radical (unpaired) electrons. The molecule has 0 aliphatic carbocycles. The van der Waals surface area contributed by atoms with Gasteiger partial charge in [0.2, 0.25) is 12.2 Å². The van der Waals surface area contributed by atoms with Crippen molar-refractivity contribution in [3.8, 4) is 10.8 Å². The maximum absolute atomic E-state index is 10.5. The first-order chi connectivity index (χ1) is 9.22. The fraction of sp³-hybridized carbons (Fsp3) is 0.0909. The number of imidazole rings is 1. The zero-order valence-corrected chi connectivity index (χ0v) is 10.4. The van der Waals surface area contributed by atoms with Crippen molar-refractivity contribution >= 4 is 17.2 Å². The summed E-state index contributed by atoms with van der Waals surface area (Å²) in [6.07, 6.45) is 4.30. The lowest BCUT2D eigenvalue weighted by Gasteiger charge is -1.93. The predicted molar refractivity (Wildman–Crippen MR) is 67.8 cm³/mol. The number of thiophene rings is 1. The normalized spacial score (nSPS) is 10.7. The number of rotatable bonds is 4. The summed E-state index contributed by atoms with van der Waals surface area (Å²) in [5.41, 5.74) is 0.690. The van der Waals surface area contributed by atoms with E-state index in [1.807, 2.05) is 17.5 Å². The lowest BCUT2D eigenvalue weighted by atomic mass is 10.4. The highest BCUT2D eigenvalue weighted by atomic mass is 32.1. The number of nitro groups is 1. The molecule has 3 aromatic rings. The smallest absolute Gasteiger partial charge is 0.381 e. The molecule has 0 saturated carbocycles. The summed E-state index contributed by atoms with van der Waals surface area (Å²) >= 11 is 1.54. The highest BCUT2D eigenvalue weighted by molar-refractivity contribution is 7.13. The van der Waals surface area contributed by atoms with E-state index >= 15 is 0 Å². The minimum absolute atomic E-state index is 0.179. The third kappa shape index (κ3) is 2.38. The second-order valence-electron chi connectivity index (χ2n) is 3.78. The molecule has 0 bridgehead atoms. The van der Waals surface area contributed by atoms with Crippen molar-refractivity contribution in [2.24, 2.45) is 0 Å². The topological polar surface area (TPSA) is 87.0 Å². The molecule has 7 nitrogen and oxygen atoms in total. The molecule has 0 unspecified atom stereocenters. The summed E-state index contributed by atoms with van der Waals surface area (Å²) in [7, 11) is 0. The Hall–Kier alpha value is -2.48. The molecule has 0 N–H and O–H groups in total. The Bertz CT molecular complexity index is 701. The van der Waals surface area contributed by atoms with Gasteiger partial charge in [0, 0.05) is 0 Å². The summed E-state index contributed by atoms with van der Waals surface area (Å²) in [5.74, 6) is 0.376. The van der Waals surface area contributed by atoms with E-state index in [9.17, 15) is 10.1 Å². The molecule has 0 atom stereocenters. The molecule has 8 heteroatoms. The summed E-state index contributed by atoms with van der Waals surface area (Å²) in [6.45, 7) is 0.385. The molecule has 0 spiro atoms. The van der Waals surface area contributed by atoms with Crippen LogP contribution in [0.25, 0.3) is 10.8 Å². The van der Waals surface area contributed by atoms with E-state index in [0.717, 1.165) is 4.88 Å². The minimum Gasteiger partial charge on any atom is -0.443 e. The van der Waals surface area contributed by atoms with Crippen LogP contribution in [-0.4, -0.2) is 19.5 Å². The van der Waals surface area contributed by atoms with Crippen LogP contribution in [-0.2, 0) is 6.54 Å². The Labute approximate surface area is 111 Å². The molecular formula is C11H8N4O3S. The zero-order valence-electron chi connectivity index (χ0n) is 9.59. The molecule has 96 valence electrons. The van der Waals surface area contributed by atoms with Crippen molar-refractivity contribution in [1.82, 2.24) is 14.5 Å². The summed E-state index contributed by atoms with van der Waals surface area (Å²) in [6, 6.07) is 3.84. The van der Waals surface area contributed by atoms with Crippen molar-refractivity contribution < 1.29 is 9.34 Å². The van der Waals surface area contributed by atoms with Gasteiger partial charge in [-0.25, -0.2) is 4.98 Å². The average Bonchev–Trinajstić information content (AvgIpc) is 3.09. The van der Waals surface area contributed by atoms with Gasteiger partial charge in [-0.05, 0) is 21.4 Å². The molecule has 3 rings (SSSR count). The van der Waals surface area contributed by atoms with E-state index < -0.39 is 4.92 Å². The SMILES string of the molecule is O=[N+]([O-])c1cn(Cc2coc(-c3cccs3)n2)cn1. The van der Waals surface area contributed by atoms with Crippen LogP contribution < -0.4 is 0 Å². The van der Waals surface area contributed by atoms with Gasteiger partial charge in [0.15, 0.2) is 0 Å². The van der Waals surface area contributed by atoms with Crippen LogP contribution in [0.5, 0.6) is 0 Å². The highest BCUT2D eigenvalue weighted by Gasteiger charge is 2.12. The van der Waals surface area contributed by atoms with Crippen molar-refractivity contribution in [3.63, 3.8) is 0 Å². The largest absolute Gasteiger partial charge is 0.443 e. The van der Waals surface area contributed by atoms with Gasteiger partial charge in [-0.3, -0.25) is 0 Å². The third-order valence-electron chi connectivity index (χ3n) is 2.43. The number of oxazole rings is 1. The molecule has 3 aromatic heterocycles. The quantitative estimate of drug-likeness (QED) is 0.540. The fourth-order valence-electron chi connectivity index (χ4n) is 1.61. The van der Waals surface area contributed by atoms with Crippen LogP contribution in [0.2, 0.25) is 0 Å². The van der Waals surface area contributed by atoms with E-state index in [1.54, 1.807) is 10.8 Å². The van der Waals surface area contributed by atoms with Crippen molar-refractivity contribution in [3.05, 3.63) is 52.1 Å². The maximum Gasteiger partial charge on any atom is 0.381 e. The number of aromatic nitrogens is 3. The summed E-state index contributed by atoms with van der Waals surface area (Å²) in [4.78, 5) is 18.9. The van der Waals surface area contributed by atoms with Crippen molar-refractivity contribution in [1.29, 1.82) is 0 Å². The molecule has 0 saturated heterocycles. The third-order valence-corrected chi connectivity index (χ3v) is 3.29. The Morgan fingerprint density at radius 1 is 1.53 bits per heavy atom. The van der Waals surface area contributed by atoms with Crippen LogP contribution in [0.1, 0.15) is 5.69 Å². The van der Waals surface area contributed by atoms with E-state index in [-0.39, 0.29) is 5.82 Å². The van der Waals surface area contributed by atoms with Gasteiger partial charge in [0.1, 0.15) is 12.5 Å². The first-order valence-electron chi connectivity index (χ1n) is 5.37. The number of hydrogen-bond donors (Lipinski definition) is 0. The molecule has 0 aliphatic rings. The Kier molecular flexibility index (Phi) is 2.84. The Balaban J connectivity index is 1.78.